The highest BCUT2D eigenvalue weighted by molar-refractivity contribution is 9.10. The Morgan fingerprint density at radius 1 is 0.690 bits per heavy atom. The van der Waals surface area contributed by atoms with Gasteiger partial charge in [-0.2, -0.15) is 0 Å². The molecule has 0 fully saturated rings. The molecule has 0 aliphatic heterocycles. The fraction of sp³-hybridized carbons (Fsp3) is 0. The molecular formula is C21H15BrClN3O3. The third kappa shape index (κ3) is 5.22. The highest BCUT2D eigenvalue weighted by Crippen LogP contribution is 2.20. The van der Waals surface area contributed by atoms with E-state index in [-0.39, 0.29) is 11.5 Å². The third-order valence-corrected chi connectivity index (χ3v) is 4.88. The van der Waals surface area contributed by atoms with E-state index in [4.69, 9.17) is 11.6 Å². The number of hydrogen-bond acceptors (Lipinski definition) is 3. The van der Waals surface area contributed by atoms with Crippen molar-refractivity contribution >= 4 is 50.9 Å². The number of para-hydroxylation sites is 1. The molecule has 6 nitrogen and oxygen atoms in total. The number of halogens is 2. The standard InChI is InChI=1S/C21H15BrClN3O3/c22-17-7-3-1-5-15(17)20(28)24-18-8-4-2-6-16(18)21(29)26-25-19(27)13-9-11-14(23)12-10-13/h1-12H,(H,24,28)(H,25,27)(H,26,29). The summed E-state index contributed by atoms with van der Waals surface area (Å²) in [5, 5.41) is 3.22. The molecule has 0 saturated heterocycles. The van der Waals surface area contributed by atoms with Crippen molar-refractivity contribution in [1.29, 1.82) is 0 Å². The maximum Gasteiger partial charge on any atom is 0.271 e. The smallest absolute Gasteiger partial charge is 0.271 e. The average Bonchev–Trinajstić information content (AvgIpc) is 2.73. The minimum absolute atomic E-state index is 0.198. The zero-order chi connectivity index (χ0) is 20.8. The summed E-state index contributed by atoms with van der Waals surface area (Å²) in [5.41, 5.74) is 5.96. The van der Waals surface area contributed by atoms with Crippen LogP contribution in [-0.2, 0) is 0 Å². The normalized spacial score (nSPS) is 10.1. The Morgan fingerprint density at radius 2 is 1.28 bits per heavy atom. The molecule has 0 bridgehead atoms. The number of hydrogen-bond donors (Lipinski definition) is 3. The van der Waals surface area contributed by atoms with Crippen molar-refractivity contribution in [3.05, 3.63) is 99.0 Å². The number of carbonyl (C=O) groups is 3. The van der Waals surface area contributed by atoms with E-state index >= 15 is 0 Å². The van der Waals surface area contributed by atoms with Gasteiger partial charge in [-0.25, -0.2) is 0 Å². The Morgan fingerprint density at radius 3 is 1.97 bits per heavy atom. The van der Waals surface area contributed by atoms with Crippen molar-refractivity contribution in [2.24, 2.45) is 0 Å². The van der Waals surface area contributed by atoms with E-state index in [0.29, 0.717) is 26.3 Å². The molecule has 0 radical (unpaired) electrons. The van der Waals surface area contributed by atoms with Crippen LogP contribution >= 0.6 is 27.5 Å². The van der Waals surface area contributed by atoms with E-state index in [0.717, 1.165) is 0 Å². The van der Waals surface area contributed by atoms with Gasteiger partial charge in [0.25, 0.3) is 17.7 Å². The molecule has 146 valence electrons. The molecule has 3 aromatic rings. The van der Waals surface area contributed by atoms with Crippen molar-refractivity contribution in [2.45, 2.75) is 0 Å². The predicted octanol–water partition coefficient (Wildman–Crippen LogP) is 4.43. The zero-order valence-corrected chi connectivity index (χ0v) is 17.3. The second-order valence-corrected chi connectivity index (χ2v) is 7.19. The monoisotopic (exact) mass is 471 g/mol. The van der Waals surface area contributed by atoms with Gasteiger partial charge in [-0.1, -0.05) is 35.9 Å². The van der Waals surface area contributed by atoms with Gasteiger partial charge in [-0.3, -0.25) is 25.2 Å². The first-order valence-electron chi connectivity index (χ1n) is 8.47. The molecule has 0 saturated carbocycles. The van der Waals surface area contributed by atoms with Crippen LogP contribution in [0, 0.1) is 0 Å². The van der Waals surface area contributed by atoms with Crippen molar-refractivity contribution in [1.82, 2.24) is 10.9 Å². The molecule has 0 heterocycles. The minimum atomic E-state index is -0.574. The Kier molecular flexibility index (Phi) is 6.64. The first kappa shape index (κ1) is 20.6. The number of carbonyl (C=O) groups excluding carboxylic acids is 3. The summed E-state index contributed by atoms with van der Waals surface area (Å²) >= 11 is 9.13. The van der Waals surface area contributed by atoms with Crippen molar-refractivity contribution in [3.8, 4) is 0 Å². The van der Waals surface area contributed by atoms with E-state index < -0.39 is 11.8 Å². The van der Waals surface area contributed by atoms with Crippen molar-refractivity contribution < 1.29 is 14.4 Å². The number of amides is 3. The summed E-state index contributed by atoms with van der Waals surface area (Å²) < 4.78 is 0.634. The predicted molar refractivity (Wildman–Crippen MR) is 115 cm³/mol. The topological polar surface area (TPSA) is 87.3 Å². The Labute approximate surface area is 180 Å². The molecule has 3 N–H and O–H groups in total. The van der Waals surface area contributed by atoms with Crippen LogP contribution in [0.25, 0.3) is 0 Å². The lowest BCUT2D eigenvalue weighted by atomic mass is 10.1. The molecule has 0 aromatic heterocycles. The first-order valence-corrected chi connectivity index (χ1v) is 9.64. The molecule has 0 atom stereocenters. The van der Waals surface area contributed by atoms with E-state index in [2.05, 4.69) is 32.1 Å². The highest BCUT2D eigenvalue weighted by Gasteiger charge is 2.16. The molecule has 0 aliphatic rings. The number of nitrogens with one attached hydrogen (secondary N) is 3. The number of benzene rings is 3. The summed E-state index contributed by atoms with van der Waals surface area (Å²) in [6.45, 7) is 0. The highest BCUT2D eigenvalue weighted by atomic mass is 79.9. The van der Waals surface area contributed by atoms with E-state index in [9.17, 15) is 14.4 Å². The molecule has 29 heavy (non-hydrogen) atoms. The molecular weight excluding hydrogens is 458 g/mol. The molecule has 3 amide bonds. The molecule has 3 rings (SSSR count). The summed E-state index contributed by atoms with van der Waals surface area (Å²) in [6.07, 6.45) is 0. The van der Waals surface area contributed by atoms with Crippen LogP contribution in [0.1, 0.15) is 31.1 Å². The second kappa shape index (κ2) is 9.36. The molecule has 0 spiro atoms. The van der Waals surface area contributed by atoms with Gasteiger partial charge in [-0.15, -0.1) is 0 Å². The third-order valence-electron chi connectivity index (χ3n) is 3.93. The largest absolute Gasteiger partial charge is 0.321 e. The van der Waals surface area contributed by atoms with Gasteiger partial charge >= 0.3 is 0 Å². The van der Waals surface area contributed by atoms with Crippen LogP contribution in [0.15, 0.2) is 77.3 Å². The quantitative estimate of drug-likeness (QED) is 0.491. The average molecular weight is 473 g/mol. The van der Waals surface area contributed by atoms with Gasteiger partial charge in [-0.05, 0) is 64.5 Å². The van der Waals surface area contributed by atoms with Gasteiger partial charge in [0.15, 0.2) is 0 Å². The Hall–Kier alpha value is -3.16. The summed E-state index contributed by atoms with van der Waals surface area (Å²) in [4.78, 5) is 37.2. The van der Waals surface area contributed by atoms with Crippen molar-refractivity contribution in [2.75, 3.05) is 5.32 Å². The van der Waals surface area contributed by atoms with Crippen LogP contribution in [0.2, 0.25) is 5.02 Å². The van der Waals surface area contributed by atoms with Crippen molar-refractivity contribution in [3.63, 3.8) is 0 Å². The Balaban J connectivity index is 1.70. The zero-order valence-electron chi connectivity index (χ0n) is 14.9. The van der Waals surface area contributed by atoms with Crippen LogP contribution in [-0.4, -0.2) is 17.7 Å². The fourth-order valence-corrected chi connectivity index (χ4v) is 3.07. The lowest BCUT2D eigenvalue weighted by Crippen LogP contribution is -2.41. The van der Waals surface area contributed by atoms with Crippen LogP contribution in [0.3, 0.4) is 0 Å². The van der Waals surface area contributed by atoms with Crippen LogP contribution in [0.4, 0.5) is 5.69 Å². The number of anilines is 1. The van der Waals surface area contributed by atoms with Crippen LogP contribution in [0.5, 0.6) is 0 Å². The SMILES string of the molecule is O=C(NNC(=O)c1ccccc1NC(=O)c1ccccc1Br)c1ccc(Cl)cc1. The second-order valence-electron chi connectivity index (χ2n) is 5.89. The van der Waals surface area contributed by atoms with Gasteiger partial charge in [0.2, 0.25) is 0 Å². The minimum Gasteiger partial charge on any atom is -0.321 e. The summed E-state index contributed by atoms with van der Waals surface area (Å²) in [6, 6.07) is 19.7. The van der Waals surface area contributed by atoms with Gasteiger partial charge < -0.3 is 5.32 Å². The van der Waals surface area contributed by atoms with Gasteiger partial charge in [0.1, 0.15) is 0 Å². The lowest BCUT2D eigenvalue weighted by molar-refractivity contribution is 0.0847. The molecule has 3 aromatic carbocycles. The number of hydrazine groups is 1. The van der Waals surface area contributed by atoms with E-state index in [1.807, 2.05) is 0 Å². The molecule has 8 heteroatoms. The molecule has 0 aliphatic carbocycles. The van der Waals surface area contributed by atoms with Gasteiger partial charge in [0.05, 0.1) is 16.8 Å². The summed E-state index contributed by atoms with van der Waals surface area (Å²) in [7, 11) is 0. The van der Waals surface area contributed by atoms with Crippen LogP contribution < -0.4 is 16.2 Å². The first-order chi connectivity index (χ1) is 14.0. The summed E-state index contributed by atoms with van der Waals surface area (Å²) in [5.74, 6) is -1.44. The van der Waals surface area contributed by atoms with E-state index in [1.165, 1.54) is 12.1 Å². The molecule has 0 unspecified atom stereocenters. The fourth-order valence-electron chi connectivity index (χ4n) is 2.48. The lowest BCUT2D eigenvalue weighted by Gasteiger charge is -2.12. The maximum absolute atomic E-state index is 12.5. The number of rotatable bonds is 4. The van der Waals surface area contributed by atoms with E-state index in [1.54, 1.807) is 60.7 Å². The van der Waals surface area contributed by atoms with Gasteiger partial charge in [0, 0.05) is 15.1 Å². The maximum atomic E-state index is 12.5. The Bertz CT molecular complexity index is 1070.